The summed E-state index contributed by atoms with van der Waals surface area (Å²) in [5.41, 5.74) is 0. The monoisotopic (exact) mass is 226 g/mol. The van der Waals surface area contributed by atoms with E-state index in [-0.39, 0.29) is 5.92 Å². The van der Waals surface area contributed by atoms with Crippen LogP contribution in [-0.2, 0) is 4.79 Å². The number of unbranched alkanes of at least 4 members (excludes halogenated alkanes) is 8. The topological polar surface area (TPSA) is 17.1 Å². The number of carbonyl (C=O) groups excluding carboxylic acids is 1. The fraction of sp³-hybridized carbons (Fsp3) is 0.933. The summed E-state index contributed by atoms with van der Waals surface area (Å²) in [4.78, 5) is 11.0. The molecule has 0 rings (SSSR count). The molecule has 0 heterocycles. The van der Waals surface area contributed by atoms with Crippen molar-refractivity contribution in [1.82, 2.24) is 0 Å². The van der Waals surface area contributed by atoms with Crippen LogP contribution in [-0.4, -0.2) is 5.78 Å². The number of hydrogen-bond donors (Lipinski definition) is 0. The van der Waals surface area contributed by atoms with Crippen LogP contribution >= 0.6 is 0 Å². The molecule has 0 spiro atoms. The first-order valence-electron chi connectivity index (χ1n) is 7.19. The predicted octanol–water partition coefficient (Wildman–Crippen LogP) is 5.13. The molecular formula is C15H30O. The van der Waals surface area contributed by atoms with Crippen LogP contribution in [0.1, 0.15) is 85.0 Å². The van der Waals surface area contributed by atoms with Gasteiger partial charge in [-0.15, -0.1) is 0 Å². The first-order chi connectivity index (χ1) is 7.68. The summed E-state index contributed by atoms with van der Waals surface area (Å²) in [7, 11) is 0. The Balaban J connectivity index is 3.07. The molecule has 0 radical (unpaired) electrons. The van der Waals surface area contributed by atoms with E-state index in [0.717, 1.165) is 6.42 Å². The van der Waals surface area contributed by atoms with Crippen molar-refractivity contribution in [3.8, 4) is 0 Å². The van der Waals surface area contributed by atoms with Gasteiger partial charge in [-0.3, -0.25) is 4.79 Å². The summed E-state index contributed by atoms with van der Waals surface area (Å²) in [6.07, 6.45) is 13.3. The SMILES string of the molecule is CCCCCCCCCCC[C@@H](C)C(C)=O. The lowest BCUT2D eigenvalue weighted by molar-refractivity contribution is -0.120. The number of Topliss-reactive ketones (excluding diaryl/α,β-unsaturated/α-hetero) is 1. The van der Waals surface area contributed by atoms with Crippen molar-refractivity contribution in [2.75, 3.05) is 0 Å². The number of hydrogen-bond acceptors (Lipinski definition) is 1. The van der Waals surface area contributed by atoms with E-state index in [1.165, 1.54) is 57.8 Å². The maximum absolute atomic E-state index is 11.0. The smallest absolute Gasteiger partial charge is 0.132 e. The van der Waals surface area contributed by atoms with Gasteiger partial charge in [0.2, 0.25) is 0 Å². The standard InChI is InChI=1S/C15H30O/c1-4-5-6-7-8-9-10-11-12-13-14(2)15(3)16/h14H,4-13H2,1-3H3/t14-/m1/s1. The normalized spacial score (nSPS) is 12.7. The third kappa shape index (κ3) is 10.2. The van der Waals surface area contributed by atoms with E-state index in [4.69, 9.17) is 0 Å². The molecule has 96 valence electrons. The third-order valence-electron chi connectivity index (χ3n) is 3.43. The average Bonchev–Trinajstić information content (AvgIpc) is 2.26. The lowest BCUT2D eigenvalue weighted by Gasteiger charge is -2.06. The third-order valence-corrected chi connectivity index (χ3v) is 3.43. The fourth-order valence-electron chi connectivity index (χ4n) is 1.96. The number of carbonyl (C=O) groups is 1. The zero-order chi connectivity index (χ0) is 12.2. The molecule has 0 aromatic rings. The summed E-state index contributed by atoms with van der Waals surface area (Å²) >= 11 is 0. The summed E-state index contributed by atoms with van der Waals surface area (Å²) in [6, 6.07) is 0. The van der Waals surface area contributed by atoms with E-state index in [1.807, 2.05) is 6.92 Å². The van der Waals surface area contributed by atoms with Gasteiger partial charge >= 0.3 is 0 Å². The fourth-order valence-corrected chi connectivity index (χ4v) is 1.96. The minimum atomic E-state index is 0.282. The Morgan fingerprint density at radius 1 is 0.875 bits per heavy atom. The molecule has 0 aliphatic carbocycles. The Hall–Kier alpha value is -0.330. The molecule has 0 bridgehead atoms. The van der Waals surface area contributed by atoms with Gasteiger partial charge in [0, 0.05) is 5.92 Å². The van der Waals surface area contributed by atoms with E-state index >= 15 is 0 Å². The molecule has 0 saturated carbocycles. The molecule has 0 N–H and O–H groups in total. The van der Waals surface area contributed by atoms with Crippen LogP contribution < -0.4 is 0 Å². The van der Waals surface area contributed by atoms with Crippen molar-refractivity contribution in [3.05, 3.63) is 0 Å². The molecule has 0 aromatic carbocycles. The Kier molecular flexibility index (Phi) is 10.9. The molecule has 0 amide bonds. The summed E-state index contributed by atoms with van der Waals surface area (Å²) in [5.74, 6) is 0.629. The van der Waals surface area contributed by atoms with Crippen LogP contribution in [0.15, 0.2) is 0 Å². The highest BCUT2D eigenvalue weighted by atomic mass is 16.1. The van der Waals surface area contributed by atoms with Gasteiger partial charge in [-0.05, 0) is 13.3 Å². The second-order valence-electron chi connectivity index (χ2n) is 5.13. The summed E-state index contributed by atoms with van der Waals surface area (Å²) in [6.45, 7) is 6.02. The first-order valence-corrected chi connectivity index (χ1v) is 7.19. The van der Waals surface area contributed by atoms with Gasteiger partial charge < -0.3 is 0 Å². The van der Waals surface area contributed by atoms with Crippen LogP contribution in [0.4, 0.5) is 0 Å². The van der Waals surface area contributed by atoms with E-state index in [9.17, 15) is 4.79 Å². The minimum Gasteiger partial charge on any atom is -0.300 e. The molecule has 1 nitrogen and oxygen atoms in total. The number of ketones is 1. The van der Waals surface area contributed by atoms with Gasteiger partial charge in [-0.25, -0.2) is 0 Å². The van der Waals surface area contributed by atoms with Crippen molar-refractivity contribution >= 4 is 5.78 Å². The zero-order valence-electron chi connectivity index (χ0n) is 11.6. The highest BCUT2D eigenvalue weighted by Gasteiger charge is 2.05. The zero-order valence-corrected chi connectivity index (χ0v) is 11.6. The molecular weight excluding hydrogens is 196 g/mol. The summed E-state index contributed by atoms with van der Waals surface area (Å²) in [5, 5.41) is 0. The van der Waals surface area contributed by atoms with Crippen LogP contribution in [0.25, 0.3) is 0 Å². The second kappa shape index (κ2) is 11.2. The molecule has 0 unspecified atom stereocenters. The molecule has 1 atom stereocenters. The van der Waals surface area contributed by atoms with E-state index < -0.39 is 0 Å². The molecule has 0 saturated heterocycles. The van der Waals surface area contributed by atoms with Crippen LogP contribution in [0.3, 0.4) is 0 Å². The van der Waals surface area contributed by atoms with Gasteiger partial charge in [0.25, 0.3) is 0 Å². The average molecular weight is 226 g/mol. The quantitative estimate of drug-likeness (QED) is 0.446. The molecule has 0 fully saturated rings. The lowest BCUT2D eigenvalue weighted by Crippen LogP contribution is -2.05. The number of rotatable bonds is 11. The van der Waals surface area contributed by atoms with Crippen molar-refractivity contribution in [2.45, 2.75) is 85.0 Å². The maximum atomic E-state index is 11.0. The molecule has 0 aliphatic heterocycles. The largest absolute Gasteiger partial charge is 0.300 e. The Morgan fingerprint density at radius 3 is 1.75 bits per heavy atom. The van der Waals surface area contributed by atoms with Crippen LogP contribution in [0, 0.1) is 5.92 Å². The van der Waals surface area contributed by atoms with Crippen molar-refractivity contribution in [1.29, 1.82) is 0 Å². The summed E-state index contributed by atoms with van der Waals surface area (Å²) < 4.78 is 0. The Bertz CT molecular complexity index is 163. The molecule has 1 heteroatoms. The van der Waals surface area contributed by atoms with Gasteiger partial charge in [0.1, 0.15) is 5.78 Å². The second-order valence-corrected chi connectivity index (χ2v) is 5.13. The minimum absolute atomic E-state index is 0.282. The van der Waals surface area contributed by atoms with Crippen molar-refractivity contribution in [3.63, 3.8) is 0 Å². The van der Waals surface area contributed by atoms with E-state index in [0.29, 0.717) is 5.78 Å². The Labute approximate surface area is 102 Å². The highest BCUT2D eigenvalue weighted by molar-refractivity contribution is 5.77. The van der Waals surface area contributed by atoms with E-state index in [2.05, 4.69) is 6.92 Å². The molecule has 0 aliphatic rings. The first kappa shape index (κ1) is 15.7. The van der Waals surface area contributed by atoms with Gasteiger partial charge in [0.05, 0.1) is 0 Å². The van der Waals surface area contributed by atoms with E-state index in [1.54, 1.807) is 6.92 Å². The van der Waals surface area contributed by atoms with Crippen LogP contribution in [0.2, 0.25) is 0 Å². The maximum Gasteiger partial charge on any atom is 0.132 e. The van der Waals surface area contributed by atoms with Gasteiger partial charge in [-0.2, -0.15) is 0 Å². The molecule has 0 aromatic heterocycles. The van der Waals surface area contributed by atoms with Crippen LogP contribution in [0.5, 0.6) is 0 Å². The Morgan fingerprint density at radius 2 is 1.31 bits per heavy atom. The predicted molar refractivity (Wildman–Crippen MR) is 71.7 cm³/mol. The van der Waals surface area contributed by atoms with Gasteiger partial charge in [0.15, 0.2) is 0 Å². The van der Waals surface area contributed by atoms with Crippen molar-refractivity contribution in [2.24, 2.45) is 5.92 Å². The highest BCUT2D eigenvalue weighted by Crippen LogP contribution is 2.13. The van der Waals surface area contributed by atoms with Crippen molar-refractivity contribution < 1.29 is 4.79 Å². The van der Waals surface area contributed by atoms with Gasteiger partial charge in [-0.1, -0.05) is 71.6 Å². The lowest BCUT2D eigenvalue weighted by atomic mass is 9.99. The molecule has 16 heavy (non-hydrogen) atoms.